The molecule has 0 aliphatic carbocycles. The van der Waals surface area contributed by atoms with Crippen LogP contribution >= 0.6 is 11.6 Å². The quantitative estimate of drug-likeness (QED) is 0.639. The summed E-state index contributed by atoms with van der Waals surface area (Å²) in [5.41, 5.74) is 3.99. The molecule has 4 heteroatoms. The Labute approximate surface area is 145 Å². The molecule has 1 aliphatic heterocycles. The lowest BCUT2D eigenvalue weighted by atomic mass is 9.98. The minimum absolute atomic E-state index is 0.262. The van der Waals surface area contributed by atoms with Crippen LogP contribution in [0, 0.1) is 0 Å². The third-order valence-corrected chi connectivity index (χ3v) is 4.49. The van der Waals surface area contributed by atoms with Crippen LogP contribution in [0.15, 0.2) is 60.7 Å². The van der Waals surface area contributed by atoms with Gasteiger partial charge in [-0.15, -0.1) is 0 Å². The van der Waals surface area contributed by atoms with E-state index in [2.05, 4.69) is 0 Å². The molecule has 0 fully saturated rings. The number of rotatable bonds is 3. The van der Waals surface area contributed by atoms with Gasteiger partial charge in [0.1, 0.15) is 5.75 Å². The lowest BCUT2D eigenvalue weighted by Gasteiger charge is -2.11. The van der Waals surface area contributed by atoms with E-state index in [0.717, 1.165) is 39.5 Å². The van der Waals surface area contributed by atoms with Crippen molar-refractivity contribution in [3.63, 3.8) is 0 Å². The van der Waals surface area contributed by atoms with Gasteiger partial charge in [-0.05, 0) is 35.4 Å². The highest BCUT2D eigenvalue weighted by molar-refractivity contribution is 6.36. The Balaban J connectivity index is 1.77. The van der Waals surface area contributed by atoms with Crippen molar-refractivity contribution in [3.8, 4) is 39.5 Å². The molecule has 3 aromatic carbocycles. The smallest absolute Gasteiger partial charge is 0.231 e. The molecular formula is C20H15ClO3. The number of ether oxygens (including phenoxy) is 3. The van der Waals surface area contributed by atoms with Gasteiger partial charge in [-0.3, -0.25) is 0 Å². The van der Waals surface area contributed by atoms with E-state index >= 15 is 0 Å². The molecule has 24 heavy (non-hydrogen) atoms. The van der Waals surface area contributed by atoms with Gasteiger partial charge in [0.15, 0.2) is 11.5 Å². The van der Waals surface area contributed by atoms with Crippen LogP contribution in [0.3, 0.4) is 0 Å². The Morgan fingerprint density at radius 1 is 0.833 bits per heavy atom. The first kappa shape index (κ1) is 14.9. The maximum absolute atomic E-state index is 6.70. The van der Waals surface area contributed by atoms with Crippen molar-refractivity contribution in [3.05, 3.63) is 65.7 Å². The molecule has 0 saturated carbocycles. The Bertz CT molecular complexity index is 888. The number of hydrogen-bond donors (Lipinski definition) is 0. The number of methoxy groups -OCH3 is 1. The second kappa shape index (κ2) is 6.10. The summed E-state index contributed by atoms with van der Waals surface area (Å²) in [5.74, 6) is 2.33. The van der Waals surface area contributed by atoms with Crippen LogP contribution in [-0.2, 0) is 0 Å². The fourth-order valence-electron chi connectivity index (χ4n) is 2.81. The molecule has 0 bridgehead atoms. The van der Waals surface area contributed by atoms with Crippen molar-refractivity contribution in [2.24, 2.45) is 0 Å². The SMILES string of the molecule is COc1ccc(-c2cccc(-c3ccc4c(c3)OCO4)c2Cl)cc1. The number of fused-ring (bicyclic) bond motifs is 1. The maximum Gasteiger partial charge on any atom is 0.231 e. The molecule has 0 atom stereocenters. The zero-order valence-corrected chi connectivity index (χ0v) is 13.8. The van der Waals surface area contributed by atoms with Gasteiger partial charge < -0.3 is 14.2 Å². The molecule has 120 valence electrons. The van der Waals surface area contributed by atoms with Crippen molar-refractivity contribution >= 4 is 11.6 Å². The van der Waals surface area contributed by atoms with Crippen LogP contribution in [0.25, 0.3) is 22.3 Å². The molecule has 1 heterocycles. The van der Waals surface area contributed by atoms with E-state index in [1.807, 2.05) is 60.7 Å². The van der Waals surface area contributed by atoms with Crippen LogP contribution in [0.2, 0.25) is 5.02 Å². The van der Waals surface area contributed by atoms with E-state index in [4.69, 9.17) is 25.8 Å². The molecule has 0 spiro atoms. The van der Waals surface area contributed by atoms with Crippen LogP contribution < -0.4 is 14.2 Å². The Morgan fingerprint density at radius 3 is 2.25 bits per heavy atom. The first-order chi connectivity index (χ1) is 11.8. The monoisotopic (exact) mass is 338 g/mol. The summed E-state index contributed by atoms with van der Waals surface area (Å²) in [6, 6.07) is 19.8. The summed E-state index contributed by atoms with van der Waals surface area (Å²) < 4.78 is 16.0. The van der Waals surface area contributed by atoms with Gasteiger partial charge in [0.05, 0.1) is 12.1 Å². The summed E-state index contributed by atoms with van der Waals surface area (Å²) in [4.78, 5) is 0. The molecule has 0 N–H and O–H groups in total. The molecule has 0 saturated heterocycles. The van der Waals surface area contributed by atoms with Gasteiger partial charge in [-0.2, -0.15) is 0 Å². The van der Waals surface area contributed by atoms with Gasteiger partial charge in [-0.1, -0.05) is 48.0 Å². The van der Waals surface area contributed by atoms with Gasteiger partial charge in [0, 0.05) is 11.1 Å². The van der Waals surface area contributed by atoms with Gasteiger partial charge in [-0.25, -0.2) is 0 Å². The topological polar surface area (TPSA) is 27.7 Å². The summed E-state index contributed by atoms with van der Waals surface area (Å²) in [6.45, 7) is 0.262. The van der Waals surface area contributed by atoms with Crippen molar-refractivity contribution in [1.82, 2.24) is 0 Å². The average molecular weight is 339 g/mol. The van der Waals surface area contributed by atoms with Crippen LogP contribution in [0.4, 0.5) is 0 Å². The number of hydrogen-bond acceptors (Lipinski definition) is 3. The summed E-state index contributed by atoms with van der Waals surface area (Å²) >= 11 is 6.70. The third kappa shape index (κ3) is 2.57. The van der Waals surface area contributed by atoms with Crippen molar-refractivity contribution in [2.45, 2.75) is 0 Å². The molecule has 0 unspecified atom stereocenters. The first-order valence-corrected chi connectivity index (χ1v) is 7.97. The highest BCUT2D eigenvalue weighted by Crippen LogP contribution is 2.41. The van der Waals surface area contributed by atoms with E-state index in [-0.39, 0.29) is 6.79 Å². The minimum atomic E-state index is 0.262. The zero-order chi connectivity index (χ0) is 16.5. The Kier molecular flexibility index (Phi) is 3.79. The summed E-state index contributed by atoms with van der Waals surface area (Å²) in [5, 5.41) is 0.710. The van der Waals surface area contributed by atoms with Crippen LogP contribution in [-0.4, -0.2) is 13.9 Å². The van der Waals surface area contributed by atoms with E-state index in [9.17, 15) is 0 Å². The lowest BCUT2D eigenvalue weighted by molar-refractivity contribution is 0.174. The molecule has 3 nitrogen and oxygen atoms in total. The normalized spacial score (nSPS) is 12.2. The molecule has 1 aliphatic rings. The van der Waals surface area contributed by atoms with E-state index in [1.54, 1.807) is 7.11 Å². The largest absolute Gasteiger partial charge is 0.497 e. The van der Waals surface area contributed by atoms with E-state index < -0.39 is 0 Å². The highest BCUT2D eigenvalue weighted by Gasteiger charge is 2.16. The second-order valence-corrected chi connectivity index (χ2v) is 5.84. The van der Waals surface area contributed by atoms with Crippen molar-refractivity contribution in [1.29, 1.82) is 0 Å². The number of benzene rings is 3. The number of halogens is 1. The Morgan fingerprint density at radius 2 is 1.50 bits per heavy atom. The van der Waals surface area contributed by atoms with Crippen molar-refractivity contribution < 1.29 is 14.2 Å². The lowest BCUT2D eigenvalue weighted by Crippen LogP contribution is -1.92. The standard InChI is InChI=1S/C20H15ClO3/c1-22-15-8-5-13(6-9-15)16-3-2-4-17(20(16)21)14-7-10-18-19(11-14)24-12-23-18/h2-11H,12H2,1H3. The predicted octanol–water partition coefficient (Wildman–Crippen LogP) is 5.41. The third-order valence-electron chi connectivity index (χ3n) is 4.08. The molecule has 0 amide bonds. The van der Waals surface area contributed by atoms with E-state index in [0.29, 0.717) is 5.02 Å². The van der Waals surface area contributed by atoms with E-state index in [1.165, 1.54) is 0 Å². The summed E-state index contributed by atoms with van der Waals surface area (Å²) in [7, 11) is 1.66. The zero-order valence-electron chi connectivity index (χ0n) is 13.1. The van der Waals surface area contributed by atoms with Crippen LogP contribution in [0.5, 0.6) is 17.2 Å². The van der Waals surface area contributed by atoms with Crippen LogP contribution in [0.1, 0.15) is 0 Å². The molecule has 3 aromatic rings. The highest BCUT2D eigenvalue weighted by atomic mass is 35.5. The molecule has 4 rings (SSSR count). The maximum atomic E-state index is 6.70. The van der Waals surface area contributed by atoms with Gasteiger partial charge in [0.2, 0.25) is 6.79 Å². The molecular weight excluding hydrogens is 324 g/mol. The predicted molar refractivity (Wildman–Crippen MR) is 95.0 cm³/mol. The molecule has 0 aromatic heterocycles. The first-order valence-electron chi connectivity index (χ1n) is 7.59. The molecule has 0 radical (unpaired) electrons. The summed E-state index contributed by atoms with van der Waals surface area (Å²) in [6.07, 6.45) is 0. The van der Waals surface area contributed by atoms with Gasteiger partial charge >= 0.3 is 0 Å². The Hall–Kier alpha value is -2.65. The van der Waals surface area contributed by atoms with Crippen molar-refractivity contribution in [2.75, 3.05) is 13.9 Å². The average Bonchev–Trinajstić information content (AvgIpc) is 3.10. The fraction of sp³-hybridized carbons (Fsp3) is 0.100. The fourth-order valence-corrected chi connectivity index (χ4v) is 3.16. The minimum Gasteiger partial charge on any atom is -0.497 e. The second-order valence-electron chi connectivity index (χ2n) is 5.46. The van der Waals surface area contributed by atoms with Gasteiger partial charge in [0.25, 0.3) is 0 Å².